The number of fused-ring (bicyclic) bond motifs is 1. The fourth-order valence-electron chi connectivity index (χ4n) is 3.01. The Labute approximate surface area is 167 Å². The van der Waals surface area contributed by atoms with E-state index in [9.17, 15) is 9.59 Å². The van der Waals surface area contributed by atoms with Gasteiger partial charge >= 0.3 is 5.97 Å². The lowest BCUT2D eigenvalue weighted by atomic mass is 10.0. The molecule has 0 radical (unpaired) electrons. The lowest BCUT2D eigenvalue weighted by Gasteiger charge is -2.07. The molecule has 5 heteroatoms. The summed E-state index contributed by atoms with van der Waals surface area (Å²) < 4.78 is 11.2. The van der Waals surface area contributed by atoms with E-state index in [-0.39, 0.29) is 11.5 Å². The summed E-state index contributed by atoms with van der Waals surface area (Å²) in [5, 5.41) is 0.525. The molecule has 28 heavy (non-hydrogen) atoms. The Bertz CT molecular complexity index is 1120. The molecule has 0 amide bonds. The van der Waals surface area contributed by atoms with Crippen LogP contribution in [0.1, 0.15) is 31.8 Å². The monoisotopic (exact) mass is 390 g/mol. The Morgan fingerprint density at radius 1 is 1.04 bits per heavy atom. The second-order valence-electron chi connectivity index (χ2n) is 6.33. The summed E-state index contributed by atoms with van der Waals surface area (Å²) in [4.78, 5) is 25.0. The first-order valence-corrected chi connectivity index (χ1v) is 9.01. The average Bonchev–Trinajstić information content (AvgIpc) is 3.00. The number of hydrogen-bond donors (Lipinski definition) is 0. The summed E-state index contributed by atoms with van der Waals surface area (Å²) >= 11 is 6.16. The number of ether oxygens (including phenoxy) is 2. The van der Waals surface area contributed by atoms with E-state index in [4.69, 9.17) is 21.1 Å². The van der Waals surface area contributed by atoms with Crippen molar-refractivity contribution < 1.29 is 19.1 Å². The van der Waals surface area contributed by atoms with Crippen LogP contribution in [-0.4, -0.2) is 11.8 Å². The van der Waals surface area contributed by atoms with Crippen molar-refractivity contribution in [3.8, 4) is 11.5 Å². The average molecular weight is 391 g/mol. The molecule has 1 aliphatic heterocycles. The van der Waals surface area contributed by atoms with Gasteiger partial charge in [-0.05, 0) is 48.4 Å². The second-order valence-corrected chi connectivity index (χ2v) is 6.74. The van der Waals surface area contributed by atoms with Crippen LogP contribution in [0.25, 0.3) is 6.08 Å². The van der Waals surface area contributed by atoms with Crippen LogP contribution in [0.3, 0.4) is 0 Å². The van der Waals surface area contributed by atoms with Crippen molar-refractivity contribution in [3.05, 3.63) is 99.8 Å². The van der Waals surface area contributed by atoms with Gasteiger partial charge in [-0.1, -0.05) is 48.0 Å². The van der Waals surface area contributed by atoms with Gasteiger partial charge < -0.3 is 9.47 Å². The second kappa shape index (κ2) is 7.33. The van der Waals surface area contributed by atoms with Gasteiger partial charge in [0.25, 0.3) is 0 Å². The number of rotatable bonds is 3. The summed E-state index contributed by atoms with van der Waals surface area (Å²) in [5.74, 6) is 0.151. The molecule has 0 aromatic heterocycles. The van der Waals surface area contributed by atoms with Gasteiger partial charge in [0.1, 0.15) is 11.5 Å². The van der Waals surface area contributed by atoms with E-state index in [1.54, 1.807) is 61.5 Å². The zero-order valence-corrected chi connectivity index (χ0v) is 15.7. The number of ketones is 1. The molecule has 0 saturated heterocycles. The Morgan fingerprint density at radius 2 is 1.75 bits per heavy atom. The first-order chi connectivity index (χ1) is 13.5. The fourth-order valence-corrected chi connectivity index (χ4v) is 3.20. The number of esters is 1. The summed E-state index contributed by atoms with van der Waals surface area (Å²) in [5.41, 5.74) is 2.25. The molecule has 4 nitrogen and oxygen atoms in total. The molecule has 3 aromatic carbocycles. The smallest absolute Gasteiger partial charge is 0.343 e. The Balaban J connectivity index is 1.63. The number of carbonyl (C=O) groups is 2. The Morgan fingerprint density at radius 3 is 2.50 bits per heavy atom. The molecule has 0 bridgehead atoms. The molecule has 0 aliphatic carbocycles. The predicted octanol–water partition coefficient (Wildman–Crippen LogP) is 5.48. The molecule has 0 spiro atoms. The Kier molecular flexibility index (Phi) is 4.72. The van der Waals surface area contributed by atoms with Gasteiger partial charge in [0, 0.05) is 11.1 Å². The highest BCUT2D eigenvalue weighted by Crippen LogP contribution is 2.38. The summed E-state index contributed by atoms with van der Waals surface area (Å²) in [6.07, 6.45) is 1.61. The molecule has 3 aromatic rings. The minimum Gasteiger partial charge on any atom is -0.452 e. The number of benzene rings is 3. The first-order valence-electron chi connectivity index (χ1n) is 8.63. The van der Waals surface area contributed by atoms with Crippen molar-refractivity contribution in [1.82, 2.24) is 0 Å². The zero-order chi connectivity index (χ0) is 19.7. The maximum atomic E-state index is 12.7. The standard InChI is InChI=1S/C23H15ClO4/c1-14-11-17(27-23(26)15-7-3-2-4-8-15)13-19-21(14)22(25)20(28-19)12-16-9-5-6-10-18(16)24/h2-13H,1H3/b20-12-. The fraction of sp³-hybridized carbons (Fsp3) is 0.0435. The van der Waals surface area contributed by atoms with Crippen LogP contribution >= 0.6 is 11.6 Å². The molecular weight excluding hydrogens is 376 g/mol. The number of aryl methyl sites for hydroxylation is 1. The molecule has 0 atom stereocenters. The van der Waals surface area contributed by atoms with E-state index in [0.717, 1.165) is 0 Å². The largest absolute Gasteiger partial charge is 0.452 e. The van der Waals surface area contributed by atoms with Crippen LogP contribution in [0.5, 0.6) is 11.5 Å². The number of halogens is 1. The third kappa shape index (κ3) is 3.42. The summed E-state index contributed by atoms with van der Waals surface area (Å²) in [6, 6.07) is 19.1. The van der Waals surface area contributed by atoms with Crippen LogP contribution < -0.4 is 9.47 Å². The SMILES string of the molecule is Cc1cc(OC(=O)c2ccccc2)cc2c1C(=O)/C(=C/c1ccccc1Cl)O2. The van der Waals surface area contributed by atoms with Gasteiger partial charge in [-0.25, -0.2) is 4.79 Å². The molecule has 1 aliphatic rings. The van der Waals surface area contributed by atoms with E-state index < -0.39 is 5.97 Å². The van der Waals surface area contributed by atoms with Gasteiger partial charge in [0.15, 0.2) is 5.76 Å². The van der Waals surface area contributed by atoms with Crippen LogP contribution in [0.4, 0.5) is 0 Å². The van der Waals surface area contributed by atoms with Crippen LogP contribution in [0.2, 0.25) is 5.02 Å². The molecule has 1 heterocycles. The van der Waals surface area contributed by atoms with Crippen molar-refractivity contribution in [2.75, 3.05) is 0 Å². The van der Waals surface area contributed by atoms with Crippen LogP contribution in [-0.2, 0) is 0 Å². The van der Waals surface area contributed by atoms with Gasteiger partial charge in [-0.2, -0.15) is 0 Å². The van der Waals surface area contributed by atoms with Gasteiger partial charge in [-0.15, -0.1) is 0 Å². The highest BCUT2D eigenvalue weighted by Gasteiger charge is 2.30. The van der Waals surface area contributed by atoms with Crippen molar-refractivity contribution in [3.63, 3.8) is 0 Å². The number of allylic oxidation sites excluding steroid dienone is 1. The van der Waals surface area contributed by atoms with Crippen LogP contribution in [0.15, 0.2) is 72.5 Å². The van der Waals surface area contributed by atoms with Gasteiger partial charge in [-0.3, -0.25) is 4.79 Å². The third-order valence-corrected chi connectivity index (χ3v) is 4.70. The van der Waals surface area contributed by atoms with E-state index in [1.165, 1.54) is 0 Å². The lowest BCUT2D eigenvalue weighted by molar-refractivity contribution is 0.0734. The van der Waals surface area contributed by atoms with Gasteiger partial charge in [0.05, 0.1) is 11.1 Å². The first kappa shape index (κ1) is 18.0. The highest BCUT2D eigenvalue weighted by molar-refractivity contribution is 6.32. The van der Waals surface area contributed by atoms with Crippen molar-refractivity contribution in [1.29, 1.82) is 0 Å². The van der Waals surface area contributed by atoms with Crippen molar-refractivity contribution in [2.24, 2.45) is 0 Å². The number of carbonyl (C=O) groups excluding carboxylic acids is 2. The minimum atomic E-state index is -0.476. The normalized spacial score (nSPS) is 13.9. The highest BCUT2D eigenvalue weighted by atomic mass is 35.5. The van der Waals surface area contributed by atoms with Gasteiger partial charge in [0.2, 0.25) is 5.78 Å². The molecule has 0 unspecified atom stereocenters. The maximum absolute atomic E-state index is 12.7. The molecule has 0 fully saturated rings. The number of hydrogen-bond acceptors (Lipinski definition) is 4. The molecule has 0 saturated carbocycles. The molecule has 0 N–H and O–H groups in total. The quantitative estimate of drug-likeness (QED) is 0.337. The molecular formula is C23H15ClO4. The van der Waals surface area contributed by atoms with E-state index in [2.05, 4.69) is 0 Å². The van der Waals surface area contributed by atoms with E-state index in [0.29, 0.717) is 38.8 Å². The predicted molar refractivity (Wildman–Crippen MR) is 107 cm³/mol. The minimum absolute atomic E-state index is 0.178. The topological polar surface area (TPSA) is 52.6 Å². The zero-order valence-electron chi connectivity index (χ0n) is 14.9. The Hall–Kier alpha value is -3.37. The number of Topliss-reactive ketones (excluding diaryl/α,β-unsaturated/α-hetero) is 1. The molecule has 4 rings (SSSR count). The third-order valence-electron chi connectivity index (χ3n) is 4.36. The maximum Gasteiger partial charge on any atom is 0.343 e. The van der Waals surface area contributed by atoms with Crippen molar-refractivity contribution in [2.45, 2.75) is 6.92 Å². The summed E-state index contributed by atoms with van der Waals surface area (Å²) in [7, 11) is 0. The lowest BCUT2D eigenvalue weighted by Crippen LogP contribution is -2.08. The van der Waals surface area contributed by atoms with E-state index >= 15 is 0 Å². The summed E-state index contributed by atoms with van der Waals surface area (Å²) in [6.45, 7) is 1.78. The van der Waals surface area contributed by atoms with Crippen molar-refractivity contribution >= 4 is 29.4 Å². The van der Waals surface area contributed by atoms with E-state index in [1.807, 2.05) is 18.2 Å². The molecule has 138 valence electrons. The van der Waals surface area contributed by atoms with Crippen LogP contribution in [0, 0.1) is 6.92 Å².